The van der Waals surface area contributed by atoms with E-state index in [0.717, 1.165) is 5.56 Å². The zero-order valence-electron chi connectivity index (χ0n) is 19.5. The predicted molar refractivity (Wildman–Crippen MR) is 130 cm³/mol. The van der Waals surface area contributed by atoms with Gasteiger partial charge in [0.1, 0.15) is 0 Å². The summed E-state index contributed by atoms with van der Waals surface area (Å²) in [5, 5.41) is 0. The van der Waals surface area contributed by atoms with Gasteiger partial charge >= 0.3 is 0 Å². The number of hydrogen-bond acceptors (Lipinski definition) is 6. The van der Waals surface area contributed by atoms with E-state index in [0.29, 0.717) is 28.4 Å². The van der Waals surface area contributed by atoms with Gasteiger partial charge in [0, 0.05) is 5.56 Å². The molecule has 3 aromatic carbocycles. The first-order chi connectivity index (χ1) is 16.2. The molecule has 1 N–H and O–H groups in total. The van der Waals surface area contributed by atoms with E-state index in [1.54, 1.807) is 42.5 Å². The fraction of sp³-hybridized carbons (Fsp3) is 0.200. The van der Waals surface area contributed by atoms with Gasteiger partial charge in [-0.15, -0.1) is 0 Å². The minimum absolute atomic E-state index is 0.0138. The smallest absolute Gasteiger partial charge is 0.262 e. The van der Waals surface area contributed by atoms with E-state index in [2.05, 4.69) is 4.72 Å². The maximum atomic E-state index is 15.2. The van der Waals surface area contributed by atoms with Gasteiger partial charge in [-0.2, -0.15) is 0 Å². The third-order valence-electron chi connectivity index (χ3n) is 5.07. The summed E-state index contributed by atoms with van der Waals surface area (Å²) in [6.07, 6.45) is 3.26. The second-order valence-electron chi connectivity index (χ2n) is 7.26. The average molecular weight is 488 g/mol. The molecule has 0 spiro atoms. The normalized spacial score (nSPS) is 11.4. The van der Waals surface area contributed by atoms with Crippen LogP contribution in [0, 0.1) is 12.7 Å². The number of ether oxygens (including phenoxy) is 4. The lowest BCUT2D eigenvalue weighted by atomic mass is 10.1. The molecule has 180 valence electrons. The second kappa shape index (κ2) is 10.5. The second-order valence-corrected chi connectivity index (χ2v) is 8.94. The van der Waals surface area contributed by atoms with Crippen molar-refractivity contribution in [2.75, 3.05) is 33.2 Å². The van der Waals surface area contributed by atoms with Crippen molar-refractivity contribution < 1.29 is 31.8 Å². The number of sulfonamides is 1. The molecule has 0 fully saturated rings. The van der Waals surface area contributed by atoms with Crippen molar-refractivity contribution >= 4 is 27.9 Å². The van der Waals surface area contributed by atoms with Crippen molar-refractivity contribution in [2.24, 2.45) is 0 Å². The molecule has 0 unspecified atom stereocenters. The topological polar surface area (TPSA) is 83.1 Å². The number of aryl methyl sites for hydroxylation is 1. The number of nitrogens with one attached hydrogen (secondary N) is 1. The lowest BCUT2D eigenvalue weighted by Crippen LogP contribution is -2.15. The number of rotatable bonds is 9. The number of halogens is 1. The van der Waals surface area contributed by atoms with Crippen LogP contribution in [0.3, 0.4) is 0 Å². The van der Waals surface area contributed by atoms with Gasteiger partial charge in [0.05, 0.1) is 39.0 Å². The summed E-state index contributed by atoms with van der Waals surface area (Å²) in [5.74, 6) is 0.409. The van der Waals surface area contributed by atoms with Gasteiger partial charge in [0.25, 0.3) is 10.0 Å². The summed E-state index contributed by atoms with van der Waals surface area (Å²) in [6.45, 7) is 1.84. The molecule has 0 bridgehead atoms. The van der Waals surface area contributed by atoms with Crippen LogP contribution in [0.4, 0.5) is 10.1 Å². The lowest BCUT2D eigenvalue weighted by Gasteiger charge is -2.15. The highest BCUT2D eigenvalue weighted by Crippen LogP contribution is 2.39. The molecular weight excluding hydrogens is 461 g/mol. The van der Waals surface area contributed by atoms with Crippen LogP contribution in [-0.2, 0) is 10.0 Å². The van der Waals surface area contributed by atoms with Gasteiger partial charge in [-0.05, 0) is 48.9 Å². The van der Waals surface area contributed by atoms with Crippen molar-refractivity contribution in [3.8, 4) is 23.0 Å². The van der Waals surface area contributed by atoms with Crippen molar-refractivity contribution in [3.63, 3.8) is 0 Å². The van der Waals surface area contributed by atoms with E-state index in [1.807, 2.05) is 6.92 Å². The Balaban J connectivity index is 2.05. The Labute approximate surface area is 198 Å². The van der Waals surface area contributed by atoms with Crippen LogP contribution in [-0.4, -0.2) is 36.9 Å². The minimum Gasteiger partial charge on any atom is -0.494 e. The van der Waals surface area contributed by atoms with Crippen LogP contribution in [0.25, 0.3) is 12.2 Å². The molecule has 0 saturated carbocycles. The molecule has 3 aromatic rings. The highest BCUT2D eigenvalue weighted by Gasteiger charge is 2.21. The van der Waals surface area contributed by atoms with Crippen molar-refractivity contribution in [1.29, 1.82) is 0 Å². The average Bonchev–Trinajstić information content (AvgIpc) is 2.83. The van der Waals surface area contributed by atoms with Gasteiger partial charge in [-0.1, -0.05) is 29.8 Å². The van der Waals surface area contributed by atoms with Crippen LogP contribution in [0.1, 0.15) is 16.7 Å². The molecule has 34 heavy (non-hydrogen) atoms. The molecule has 7 nitrogen and oxygen atoms in total. The fourth-order valence-electron chi connectivity index (χ4n) is 3.27. The third-order valence-corrected chi connectivity index (χ3v) is 6.43. The van der Waals surface area contributed by atoms with E-state index in [9.17, 15) is 8.42 Å². The van der Waals surface area contributed by atoms with E-state index in [4.69, 9.17) is 18.9 Å². The van der Waals surface area contributed by atoms with Crippen molar-refractivity contribution in [3.05, 3.63) is 71.0 Å². The number of anilines is 1. The number of hydrogen-bond donors (Lipinski definition) is 1. The Kier molecular flexibility index (Phi) is 7.68. The summed E-state index contributed by atoms with van der Waals surface area (Å²) < 4.78 is 64.5. The van der Waals surface area contributed by atoms with Crippen LogP contribution < -0.4 is 23.7 Å². The molecule has 0 heterocycles. The van der Waals surface area contributed by atoms with Gasteiger partial charge < -0.3 is 18.9 Å². The summed E-state index contributed by atoms with van der Waals surface area (Å²) in [6, 6.07) is 12.7. The summed E-state index contributed by atoms with van der Waals surface area (Å²) >= 11 is 0. The highest BCUT2D eigenvalue weighted by atomic mass is 32.2. The molecular formula is C25H26FNO6S. The van der Waals surface area contributed by atoms with Gasteiger partial charge in [-0.3, -0.25) is 4.72 Å². The predicted octanol–water partition coefficient (Wildman–Crippen LogP) is 5.14. The fourth-order valence-corrected chi connectivity index (χ4v) is 4.35. The summed E-state index contributed by atoms with van der Waals surface area (Å²) in [4.78, 5) is 0.0138. The van der Waals surface area contributed by atoms with Gasteiger partial charge in [-0.25, -0.2) is 12.8 Å². The van der Waals surface area contributed by atoms with E-state index >= 15 is 4.39 Å². The standard InChI is InChI=1S/C25H26FNO6S/c1-16-6-11-19(12-7-16)34(28,29)27-24-18(10-13-20(30-2)23(24)26)9-8-17-14-21(31-3)25(33-5)22(15-17)32-4/h6-15,27H,1-5H3. The van der Waals surface area contributed by atoms with Crippen molar-refractivity contribution in [1.82, 2.24) is 0 Å². The maximum Gasteiger partial charge on any atom is 0.262 e. The molecule has 9 heteroatoms. The summed E-state index contributed by atoms with van der Waals surface area (Å²) in [7, 11) is 1.76. The molecule has 3 rings (SSSR count). The van der Waals surface area contributed by atoms with Crippen LogP contribution >= 0.6 is 0 Å². The third kappa shape index (κ3) is 5.26. The molecule has 0 radical (unpaired) electrons. The number of benzene rings is 3. The first-order valence-corrected chi connectivity index (χ1v) is 11.7. The molecule has 0 saturated heterocycles. The number of methoxy groups -OCH3 is 4. The van der Waals surface area contributed by atoms with Gasteiger partial charge in [0.15, 0.2) is 23.1 Å². The molecule has 0 aliphatic carbocycles. The summed E-state index contributed by atoms with van der Waals surface area (Å²) in [5.41, 5.74) is 1.63. The Morgan fingerprint density at radius 2 is 1.38 bits per heavy atom. The molecule has 0 aliphatic rings. The van der Waals surface area contributed by atoms with Gasteiger partial charge in [0.2, 0.25) is 5.75 Å². The molecule has 0 atom stereocenters. The van der Waals surface area contributed by atoms with E-state index in [-0.39, 0.29) is 16.3 Å². The lowest BCUT2D eigenvalue weighted by molar-refractivity contribution is 0.324. The van der Waals surface area contributed by atoms with Crippen LogP contribution in [0.2, 0.25) is 0 Å². The Bertz CT molecular complexity index is 1280. The SMILES string of the molecule is COc1ccc(C=Cc2cc(OC)c(OC)c(OC)c2)c(NS(=O)(=O)c2ccc(C)cc2)c1F. The zero-order valence-corrected chi connectivity index (χ0v) is 20.3. The quantitative estimate of drug-likeness (QED) is 0.421. The Morgan fingerprint density at radius 1 is 0.794 bits per heavy atom. The van der Waals surface area contributed by atoms with Crippen LogP contribution in [0.5, 0.6) is 23.0 Å². The first kappa shape index (κ1) is 24.9. The maximum absolute atomic E-state index is 15.2. The Morgan fingerprint density at radius 3 is 1.91 bits per heavy atom. The molecule has 0 aromatic heterocycles. The first-order valence-electron chi connectivity index (χ1n) is 10.2. The zero-order chi connectivity index (χ0) is 24.9. The van der Waals surface area contributed by atoms with E-state index < -0.39 is 15.8 Å². The van der Waals surface area contributed by atoms with Crippen molar-refractivity contribution in [2.45, 2.75) is 11.8 Å². The minimum atomic E-state index is -4.05. The van der Waals surface area contributed by atoms with Crippen LogP contribution in [0.15, 0.2) is 53.4 Å². The van der Waals surface area contributed by atoms with E-state index in [1.165, 1.54) is 46.6 Å². The molecule has 0 aliphatic heterocycles. The largest absolute Gasteiger partial charge is 0.494 e. The molecule has 0 amide bonds. The highest BCUT2D eigenvalue weighted by molar-refractivity contribution is 7.92. The monoisotopic (exact) mass is 487 g/mol. The Hall–Kier alpha value is -3.72.